The van der Waals surface area contributed by atoms with E-state index in [9.17, 15) is 9.59 Å². The van der Waals surface area contributed by atoms with Crippen molar-refractivity contribution in [2.24, 2.45) is 5.41 Å². The van der Waals surface area contributed by atoms with Crippen molar-refractivity contribution in [3.8, 4) is 0 Å². The third-order valence-electron chi connectivity index (χ3n) is 3.95. The number of carboxylic acid groups (broad SMARTS) is 1. The molecular formula is C14H26N2O3S. The molecule has 0 aromatic carbocycles. The Balaban J connectivity index is 2.35. The maximum atomic E-state index is 11.8. The molecular weight excluding hydrogens is 276 g/mol. The molecule has 6 heteroatoms. The molecule has 0 aromatic rings. The van der Waals surface area contributed by atoms with E-state index in [2.05, 4.69) is 17.6 Å². The van der Waals surface area contributed by atoms with Crippen molar-refractivity contribution in [2.45, 2.75) is 51.5 Å². The van der Waals surface area contributed by atoms with Crippen LogP contribution in [0.25, 0.3) is 0 Å². The SMILES string of the molecule is CSCC[C@H](NC(=O)NCC1(C)CCCCC1)C(=O)O. The van der Waals surface area contributed by atoms with Crippen molar-refractivity contribution >= 4 is 23.8 Å². The summed E-state index contributed by atoms with van der Waals surface area (Å²) < 4.78 is 0. The van der Waals surface area contributed by atoms with E-state index < -0.39 is 12.0 Å². The Morgan fingerprint density at radius 2 is 1.95 bits per heavy atom. The number of rotatable bonds is 7. The topological polar surface area (TPSA) is 78.4 Å². The Labute approximate surface area is 125 Å². The normalized spacial score (nSPS) is 19.1. The first kappa shape index (κ1) is 17.1. The summed E-state index contributed by atoms with van der Waals surface area (Å²) in [6, 6.07) is -1.17. The van der Waals surface area contributed by atoms with E-state index in [-0.39, 0.29) is 11.4 Å². The number of amides is 2. The van der Waals surface area contributed by atoms with Crippen LogP contribution in [0.5, 0.6) is 0 Å². The van der Waals surface area contributed by atoms with Crippen LogP contribution in [0.4, 0.5) is 4.79 Å². The fraction of sp³-hybridized carbons (Fsp3) is 0.857. The monoisotopic (exact) mass is 302 g/mol. The second kappa shape index (κ2) is 8.39. The molecule has 5 nitrogen and oxygen atoms in total. The fourth-order valence-corrected chi connectivity index (χ4v) is 3.05. The minimum absolute atomic E-state index is 0.160. The highest BCUT2D eigenvalue weighted by Crippen LogP contribution is 2.34. The maximum Gasteiger partial charge on any atom is 0.326 e. The number of carboxylic acids is 1. The van der Waals surface area contributed by atoms with Gasteiger partial charge in [0.05, 0.1) is 0 Å². The summed E-state index contributed by atoms with van der Waals surface area (Å²) in [5.74, 6) is -0.257. The van der Waals surface area contributed by atoms with Gasteiger partial charge in [0.2, 0.25) is 0 Å². The van der Waals surface area contributed by atoms with E-state index in [0.717, 1.165) is 18.6 Å². The predicted molar refractivity (Wildman–Crippen MR) is 82.1 cm³/mol. The summed E-state index contributed by atoms with van der Waals surface area (Å²) >= 11 is 1.57. The molecule has 0 unspecified atom stereocenters. The molecule has 0 aliphatic heterocycles. The largest absolute Gasteiger partial charge is 0.480 e. The highest BCUT2D eigenvalue weighted by molar-refractivity contribution is 7.98. The van der Waals surface area contributed by atoms with Gasteiger partial charge in [-0.25, -0.2) is 9.59 Å². The highest BCUT2D eigenvalue weighted by atomic mass is 32.2. The van der Waals surface area contributed by atoms with Gasteiger partial charge in [-0.15, -0.1) is 0 Å². The summed E-state index contributed by atoms with van der Waals surface area (Å²) in [5, 5.41) is 14.4. The number of carbonyl (C=O) groups is 2. The van der Waals surface area contributed by atoms with Gasteiger partial charge in [0.25, 0.3) is 0 Å². The molecule has 0 bridgehead atoms. The fourth-order valence-electron chi connectivity index (χ4n) is 2.58. The first-order chi connectivity index (χ1) is 9.47. The lowest BCUT2D eigenvalue weighted by molar-refractivity contribution is -0.139. The summed E-state index contributed by atoms with van der Waals surface area (Å²) in [5.41, 5.74) is 0.160. The molecule has 3 N–H and O–H groups in total. The molecule has 116 valence electrons. The van der Waals surface area contributed by atoms with E-state index in [4.69, 9.17) is 5.11 Å². The lowest BCUT2D eigenvalue weighted by Crippen LogP contribution is -2.48. The molecule has 20 heavy (non-hydrogen) atoms. The van der Waals surface area contributed by atoms with Crippen LogP contribution in [0, 0.1) is 5.41 Å². The molecule has 0 heterocycles. The van der Waals surface area contributed by atoms with Gasteiger partial charge in [-0.2, -0.15) is 11.8 Å². The molecule has 1 atom stereocenters. The number of aliphatic carboxylic acids is 1. The Morgan fingerprint density at radius 3 is 2.50 bits per heavy atom. The number of thioether (sulfide) groups is 1. The van der Waals surface area contributed by atoms with Crippen molar-refractivity contribution in [3.63, 3.8) is 0 Å². The summed E-state index contributed by atoms with van der Waals surface area (Å²) in [6.07, 6.45) is 8.32. The van der Waals surface area contributed by atoms with Gasteiger partial charge in [-0.3, -0.25) is 0 Å². The molecule has 1 fully saturated rings. The van der Waals surface area contributed by atoms with Crippen molar-refractivity contribution in [2.75, 3.05) is 18.6 Å². The van der Waals surface area contributed by atoms with Crippen LogP contribution in [0.15, 0.2) is 0 Å². The molecule has 0 saturated heterocycles. The Hall–Kier alpha value is -0.910. The minimum atomic E-state index is -0.974. The molecule has 1 rings (SSSR count). The molecule has 0 radical (unpaired) electrons. The minimum Gasteiger partial charge on any atom is -0.480 e. The maximum absolute atomic E-state index is 11.8. The zero-order valence-corrected chi connectivity index (χ0v) is 13.2. The van der Waals surface area contributed by atoms with Gasteiger partial charge in [0.1, 0.15) is 6.04 Å². The molecule has 0 aromatic heterocycles. The molecule has 1 saturated carbocycles. The molecule has 2 amide bonds. The molecule has 1 aliphatic rings. The van der Waals surface area contributed by atoms with Gasteiger partial charge in [-0.05, 0) is 36.7 Å². The van der Waals surface area contributed by atoms with E-state index >= 15 is 0 Å². The van der Waals surface area contributed by atoms with Crippen LogP contribution in [0.2, 0.25) is 0 Å². The van der Waals surface area contributed by atoms with Crippen LogP contribution in [0.3, 0.4) is 0 Å². The van der Waals surface area contributed by atoms with Gasteiger partial charge < -0.3 is 15.7 Å². The van der Waals surface area contributed by atoms with Crippen molar-refractivity contribution in [1.82, 2.24) is 10.6 Å². The lowest BCUT2D eigenvalue weighted by Gasteiger charge is -2.33. The van der Waals surface area contributed by atoms with E-state index in [1.165, 1.54) is 19.3 Å². The lowest BCUT2D eigenvalue weighted by atomic mass is 9.76. The van der Waals surface area contributed by atoms with Crippen LogP contribution >= 0.6 is 11.8 Å². The smallest absolute Gasteiger partial charge is 0.326 e. The summed E-state index contributed by atoms with van der Waals surface area (Å²) in [4.78, 5) is 22.9. The average molecular weight is 302 g/mol. The first-order valence-electron chi connectivity index (χ1n) is 7.23. The van der Waals surface area contributed by atoms with E-state index in [1.807, 2.05) is 6.26 Å². The van der Waals surface area contributed by atoms with Crippen LogP contribution in [0.1, 0.15) is 45.4 Å². The number of hydrogen-bond donors (Lipinski definition) is 3. The zero-order valence-electron chi connectivity index (χ0n) is 12.4. The zero-order chi connectivity index (χ0) is 15.0. The Morgan fingerprint density at radius 1 is 1.30 bits per heavy atom. The standard InChI is InChI=1S/C14H26N2O3S/c1-14(7-4-3-5-8-14)10-15-13(19)16-11(12(17)18)6-9-20-2/h11H,3-10H2,1-2H3,(H,17,18)(H2,15,16,19)/t11-/m0/s1. The highest BCUT2D eigenvalue weighted by Gasteiger charge is 2.27. The number of carbonyl (C=O) groups excluding carboxylic acids is 1. The number of urea groups is 1. The van der Waals surface area contributed by atoms with Gasteiger partial charge in [0.15, 0.2) is 0 Å². The Bertz CT molecular complexity index is 330. The van der Waals surface area contributed by atoms with Crippen molar-refractivity contribution in [1.29, 1.82) is 0 Å². The van der Waals surface area contributed by atoms with Crippen LogP contribution < -0.4 is 10.6 Å². The van der Waals surface area contributed by atoms with Crippen LogP contribution in [-0.4, -0.2) is 41.7 Å². The quantitative estimate of drug-likeness (QED) is 0.675. The van der Waals surface area contributed by atoms with Gasteiger partial charge in [0, 0.05) is 6.54 Å². The van der Waals surface area contributed by atoms with E-state index in [0.29, 0.717) is 13.0 Å². The van der Waals surface area contributed by atoms with Gasteiger partial charge >= 0.3 is 12.0 Å². The number of hydrogen-bond acceptors (Lipinski definition) is 3. The van der Waals surface area contributed by atoms with Crippen molar-refractivity contribution in [3.05, 3.63) is 0 Å². The first-order valence-corrected chi connectivity index (χ1v) is 8.62. The second-order valence-electron chi connectivity index (χ2n) is 5.87. The Kier molecular flexibility index (Phi) is 7.19. The molecule has 0 spiro atoms. The van der Waals surface area contributed by atoms with Gasteiger partial charge in [-0.1, -0.05) is 26.2 Å². The third-order valence-corrected chi connectivity index (χ3v) is 4.59. The second-order valence-corrected chi connectivity index (χ2v) is 6.86. The molecule has 1 aliphatic carbocycles. The third kappa shape index (κ3) is 6.03. The summed E-state index contributed by atoms with van der Waals surface area (Å²) in [7, 11) is 0. The predicted octanol–water partition coefficient (Wildman–Crippen LogP) is 2.46. The van der Waals surface area contributed by atoms with Crippen molar-refractivity contribution < 1.29 is 14.7 Å². The average Bonchev–Trinajstić information content (AvgIpc) is 2.42. The number of nitrogens with one attached hydrogen (secondary N) is 2. The van der Waals surface area contributed by atoms with E-state index in [1.54, 1.807) is 11.8 Å². The van der Waals surface area contributed by atoms with Crippen LogP contribution in [-0.2, 0) is 4.79 Å². The summed E-state index contributed by atoms with van der Waals surface area (Å²) in [6.45, 7) is 2.81.